The second-order valence-electron chi connectivity index (χ2n) is 3.03. The Bertz CT molecular complexity index is 236. The van der Waals surface area contributed by atoms with Crippen LogP contribution < -0.4 is 0 Å². The molecule has 0 saturated heterocycles. The molecule has 0 amide bonds. The summed E-state index contributed by atoms with van der Waals surface area (Å²) < 4.78 is 5.32. The summed E-state index contributed by atoms with van der Waals surface area (Å²) in [5.74, 6) is 0. The van der Waals surface area contributed by atoms with Crippen LogP contribution >= 0.6 is 0 Å². The van der Waals surface area contributed by atoms with E-state index in [0.29, 0.717) is 0 Å². The highest BCUT2D eigenvalue weighted by Gasteiger charge is 2.29. The fourth-order valence-corrected chi connectivity index (χ4v) is 1.77. The van der Waals surface area contributed by atoms with Crippen molar-refractivity contribution in [2.75, 3.05) is 7.11 Å². The average molecular weight is 168 g/mol. The van der Waals surface area contributed by atoms with Crippen molar-refractivity contribution in [2.24, 2.45) is 0 Å². The molecule has 0 spiro atoms. The number of aromatic nitrogens is 4. The third-order valence-corrected chi connectivity index (χ3v) is 2.38. The molecule has 1 aliphatic rings. The maximum atomic E-state index is 5.32. The maximum absolute atomic E-state index is 5.32. The highest BCUT2D eigenvalue weighted by Crippen LogP contribution is 2.30. The van der Waals surface area contributed by atoms with E-state index in [2.05, 4.69) is 15.4 Å². The Kier molecular flexibility index (Phi) is 2.03. The Morgan fingerprint density at radius 1 is 1.50 bits per heavy atom. The molecule has 1 aromatic rings. The lowest BCUT2D eigenvalue weighted by atomic mass is 10.2. The molecule has 12 heavy (non-hydrogen) atoms. The minimum absolute atomic E-state index is 0.263. The highest BCUT2D eigenvalue weighted by molar-refractivity contribution is 4.79. The molecule has 2 rings (SSSR count). The molecule has 1 heterocycles. The summed E-state index contributed by atoms with van der Waals surface area (Å²) in [6.07, 6.45) is 5.10. The van der Waals surface area contributed by atoms with Gasteiger partial charge in [0, 0.05) is 7.11 Å². The lowest BCUT2D eigenvalue weighted by Crippen LogP contribution is -2.22. The molecule has 1 saturated carbocycles. The number of hydrogen-bond donors (Lipinski definition) is 0. The number of rotatable bonds is 2. The molecule has 2 unspecified atom stereocenters. The van der Waals surface area contributed by atoms with Crippen molar-refractivity contribution >= 4 is 0 Å². The molecule has 0 aliphatic heterocycles. The first kappa shape index (κ1) is 7.67. The van der Waals surface area contributed by atoms with E-state index in [0.717, 1.165) is 12.8 Å². The van der Waals surface area contributed by atoms with Crippen LogP contribution in [0.5, 0.6) is 0 Å². The van der Waals surface area contributed by atoms with Crippen molar-refractivity contribution in [1.82, 2.24) is 20.2 Å². The molecular weight excluding hydrogens is 156 g/mol. The van der Waals surface area contributed by atoms with E-state index in [1.165, 1.54) is 12.7 Å². The highest BCUT2D eigenvalue weighted by atomic mass is 16.5. The lowest BCUT2D eigenvalue weighted by Gasteiger charge is -2.15. The molecule has 0 bridgehead atoms. The van der Waals surface area contributed by atoms with Crippen molar-refractivity contribution in [3.63, 3.8) is 0 Å². The van der Waals surface area contributed by atoms with Crippen LogP contribution in [0.15, 0.2) is 6.33 Å². The van der Waals surface area contributed by atoms with Crippen LogP contribution in [0.3, 0.4) is 0 Å². The Balaban J connectivity index is 2.13. The van der Waals surface area contributed by atoms with Gasteiger partial charge in [-0.15, -0.1) is 10.2 Å². The first-order chi connectivity index (χ1) is 5.92. The lowest BCUT2D eigenvalue weighted by molar-refractivity contribution is 0.0652. The van der Waals surface area contributed by atoms with E-state index < -0.39 is 0 Å². The maximum Gasteiger partial charge on any atom is 0.162 e. The van der Waals surface area contributed by atoms with E-state index in [1.54, 1.807) is 11.9 Å². The van der Waals surface area contributed by atoms with Gasteiger partial charge >= 0.3 is 0 Å². The van der Waals surface area contributed by atoms with Crippen LogP contribution in [0.4, 0.5) is 0 Å². The zero-order valence-electron chi connectivity index (χ0n) is 7.05. The fourth-order valence-electron chi connectivity index (χ4n) is 1.77. The quantitative estimate of drug-likeness (QED) is 0.642. The zero-order valence-corrected chi connectivity index (χ0v) is 7.05. The summed E-state index contributed by atoms with van der Waals surface area (Å²) in [5, 5.41) is 11.6. The molecule has 5 nitrogen and oxygen atoms in total. The summed E-state index contributed by atoms with van der Waals surface area (Å²) in [5.41, 5.74) is 0. The first-order valence-electron chi connectivity index (χ1n) is 4.17. The van der Waals surface area contributed by atoms with Crippen LogP contribution in [0.1, 0.15) is 25.3 Å². The summed E-state index contributed by atoms with van der Waals surface area (Å²) in [6, 6.07) is 0.289. The second kappa shape index (κ2) is 3.18. The van der Waals surface area contributed by atoms with Gasteiger partial charge in [-0.25, -0.2) is 0 Å². The van der Waals surface area contributed by atoms with Crippen molar-refractivity contribution in [3.05, 3.63) is 6.33 Å². The Hall–Kier alpha value is -0.970. The van der Waals surface area contributed by atoms with Crippen molar-refractivity contribution in [3.8, 4) is 0 Å². The van der Waals surface area contributed by atoms with Crippen LogP contribution in [0, 0.1) is 0 Å². The standard InChI is InChI=1S/C7H12N4O/c1-12-7-4-2-3-6(7)11-9-5-8-10-11/h5-7H,2-4H2,1H3. The molecule has 1 aliphatic carbocycles. The van der Waals surface area contributed by atoms with E-state index in [-0.39, 0.29) is 12.1 Å². The van der Waals surface area contributed by atoms with E-state index in [9.17, 15) is 0 Å². The van der Waals surface area contributed by atoms with Crippen molar-refractivity contribution in [1.29, 1.82) is 0 Å². The minimum atomic E-state index is 0.263. The van der Waals surface area contributed by atoms with Crippen LogP contribution in [-0.2, 0) is 4.74 Å². The smallest absolute Gasteiger partial charge is 0.162 e. The number of hydrogen-bond acceptors (Lipinski definition) is 4. The van der Waals surface area contributed by atoms with Gasteiger partial charge in [0.2, 0.25) is 0 Å². The fraction of sp³-hybridized carbons (Fsp3) is 0.857. The van der Waals surface area contributed by atoms with Gasteiger partial charge in [-0.3, -0.25) is 0 Å². The average Bonchev–Trinajstić information content (AvgIpc) is 2.74. The predicted molar refractivity (Wildman–Crippen MR) is 41.5 cm³/mol. The number of ether oxygens (including phenoxy) is 1. The molecule has 5 heteroatoms. The van der Waals surface area contributed by atoms with Gasteiger partial charge in [0.25, 0.3) is 0 Å². The Morgan fingerprint density at radius 2 is 2.42 bits per heavy atom. The normalized spacial score (nSPS) is 29.4. The molecule has 66 valence electrons. The van der Waals surface area contributed by atoms with Gasteiger partial charge < -0.3 is 4.74 Å². The SMILES string of the molecule is COC1CCCC1n1ncnn1. The summed E-state index contributed by atoms with van der Waals surface area (Å²) >= 11 is 0. The van der Waals surface area contributed by atoms with Crippen molar-refractivity contribution < 1.29 is 4.74 Å². The summed E-state index contributed by atoms with van der Waals surface area (Å²) in [7, 11) is 1.74. The van der Waals surface area contributed by atoms with E-state index in [1.807, 2.05) is 0 Å². The molecule has 1 aromatic heterocycles. The molecule has 0 N–H and O–H groups in total. The first-order valence-corrected chi connectivity index (χ1v) is 4.17. The van der Waals surface area contributed by atoms with E-state index >= 15 is 0 Å². The predicted octanol–water partition coefficient (Wildman–Crippen LogP) is 0.413. The largest absolute Gasteiger partial charge is 0.379 e. The zero-order chi connectivity index (χ0) is 8.39. The van der Waals surface area contributed by atoms with Gasteiger partial charge in [-0.1, -0.05) is 0 Å². The van der Waals surface area contributed by atoms with Gasteiger partial charge in [-0.05, 0) is 24.5 Å². The molecule has 2 atom stereocenters. The van der Waals surface area contributed by atoms with Gasteiger partial charge in [0.05, 0.1) is 12.1 Å². The van der Waals surface area contributed by atoms with Gasteiger partial charge in [0.15, 0.2) is 6.33 Å². The molecule has 0 aromatic carbocycles. The van der Waals surface area contributed by atoms with Crippen LogP contribution in [-0.4, -0.2) is 33.4 Å². The van der Waals surface area contributed by atoms with Gasteiger partial charge in [0.1, 0.15) is 0 Å². The third-order valence-electron chi connectivity index (χ3n) is 2.38. The molecule has 0 radical (unpaired) electrons. The second-order valence-corrected chi connectivity index (χ2v) is 3.03. The third kappa shape index (κ3) is 1.20. The Morgan fingerprint density at radius 3 is 3.08 bits per heavy atom. The van der Waals surface area contributed by atoms with Crippen molar-refractivity contribution in [2.45, 2.75) is 31.4 Å². The Labute approximate surface area is 70.7 Å². The number of tetrazole rings is 1. The summed E-state index contributed by atoms with van der Waals surface area (Å²) in [6.45, 7) is 0. The number of methoxy groups -OCH3 is 1. The summed E-state index contributed by atoms with van der Waals surface area (Å²) in [4.78, 5) is 1.65. The molecular formula is C7H12N4O. The van der Waals surface area contributed by atoms with Gasteiger partial charge in [-0.2, -0.15) is 4.80 Å². The number of nitrogens with zero attached hydrogens (tertiary/aromatic N) is 4. The minimum Gasteiger partial charge on any atom is -0.379 e. The van der Waals surface area contributed by atoms with E-state index in [4.69, 9.17) is 4.74 Å². The topological polar surface area (TPSA) is 52.8 Å². The van der Waals surface area contributed by atoms with Crippen LogP contribution in [0.2, 0.25) is 0 Å². The molecule has 1 fully saturated rings. The van der Waals surface area contributed by atoms with Crippen LogP contribution in [0.25, 0.3) is 0 Å². The monoisotopic (exact) mass is 168 g/mol.